The molecule has 0 spiro atoms. The number of hydrogen-bond acceptors (Lipinski definition) is 5. The lowest BCUT2D eigenvalue weighted by atomic mass is 9.85. The van der Waals surface area contributed by atoms with Crippen LogP contribution in [0.25, 0.3) is 0 Å². The lowest BCUT2D eigenvalue weighted by molar-refractivity contribution is -0.140. The van der Waals surface area contributed by atoms with Gasteiger partial charge in [0, 0.05) is 38.4 Å². The molecule has 2 heterocycles. The first kappa shape index (κ1) is 24.5. The summed E-state index contributed by atoms with van der Waals surface area (Å²) in [5.41, 5.74) is 0.947. The van der Waals surface area contributed by atoms with Crippen LogP contribution in [0.4, 0.5) is 0 Å². The number of hydrogen-bond donors (Lipinski definition) is 2. The fraction of sp³-hybridized carbons (Fsp3) is 0.565. The largest absolute Gasteiger partial charge is 0.477 e. The van der Waals surface area contributed by atoms with Gasteiger partial charge in [-0.1, -0.05) is 31.6 Å². The molecule has 8 nitrogen and oxygen atoms in total. The van der Waals surface area contributed by atoms with E-state index in [2.05, 4.69) is 39.7 Å². The number of nitrogens with zero attached hydrogens (tertiary/aromatic N) is 3. The van der Waals surface area contributed by atoms with E-state index in [1.54, 1.807) is 13.2 Å². The van der Waals surface area contributed by atoms with Gasteiger partial charge in [0.05, 0.1) is 18.4 Å². The Bertz CT molecular complexity index is 860. The zero-order valence-corrected chi connectivity index (χ0v) is 21.0. The number of halogens is 1. The monoisotopic (exact) mass is 553 g/mol. The van der Waals surface area contributed by atoms with E-state index in [1.165, 1.54) is 4.90 Å². The number of aromatic nitrogens is 1. The standard InChI is InChI=1S/C23H31N5O3.HI/c1-3-4-12-31-20-17(6-5-9-25-20)14-27-23(24-2)26-10-11-28-21(29)18-15-7-8-16(13-15)19(18)22(28)30;/h5-9,15-16,18-19H,3-4,10-14H2,1-2H3,(H2,24,26,27);1H. The van der Waals surface area contributed by atoms with Crippen molar-refractivity contribution in [1.82, 2.24) is 20.5 Å². The van der Waals surface area contributed by atoms with E-state index in [0.29, 0.717) is 38.1 Å². The fourth-order valence-corrected chi connectivity index (χ4v) is 4.87. The highest BCUT2D eigenvalue weighted by Crippen LogP contribution is 2.52. The minimum Gasteiger partial charge on any atom is -0.477 e. The Morgan fingerprint density at radius 3 is 2.59 bits per heavy atom. The van der Waals surface area contributed by atoms with Gasteiger partial charge in [0.25, 0.3) is 0 Å². The van der Waals surface area contributed by atoms with Crippen LogP contribution >= 0.6 is 24.0 Å². The smallest absolute Gasteiger partial charge is 0.233 e. The van der Waals surface area contributed by atoms with Crippen LogP contribution in [0.5, 0.6) is 5.88 Å². The van der Waals surface area contributed by atoms with E-state index in [4.69, 9.17) is 4.74 Å². The van der Waals surface area contributed by atoms with E-state index < -0.39 is 0 Å². The Labute approximate surface area is 206 Å². The van der Waals surface area contributed by atoms with Gasteiger partial charge < -0.3 is 15.4 Å². The van der Waals surface area contributed by atoms with Crippen molar-refractivity contribution in [2.75, 3.05) is 26.7 Å². The molecule has 9 heteroatoms. The lowest BCUT2D eigenvalue weighted by Gasteiger charge is -2.19. The number of pyridine rings is 1. The van der Waals surface area contributed by atoms with E-state index in [9.17, 15) is 9.59 Å². The van der Waals surface area contributed by atoms with Crippen molar-refractivity contribution in [3.05, 3.63) is 36.0 Å². The number of fused-ring (bicyclic) bond motifs is 5. The molecule has 1 aromatic heterocycles. The number of ether oxygens (including phenoxy) is 1. The van der Waals surface area contributed by atoms with Crippen LogP contribution in [0, 0.1) is 23.7 Å². The highest BCUT2D eigenvalue weighted by atomic mass is 127. The molecule has 32 heavy (non-hydrogen) atoms. The van der Waals surface area contributed by atoms with Gasteiger partial charge in [-0.25, -0.2) is 4.98 Å². The van der Waals surface area contributed by atoms with Gasteiger partial charge in [-0.05, 0) is 30.7 Å². The fourth-order valence-electron chi connectivity index (χ4n) is 4.87. The first-order chi connectivity index (χ1) is 15.1. The molecule has 1 aliphatic heterocycles. The topological polar surface area (TPSA) is 95.9 Å². The highest BCUT2D eigenvalue weighted by molar-refractivity contribution is 14.0. The Hall–Kier alpha value is -2.17. The maximum absolute atomic E-state index is 12.8. The summed E-state index contributed by atoms with van der Waals surface area (Å²) in [6.45, 7) is 4.08. The van der Waals surface area contributed by atoms with Crippen LogP contribution in [0.1, 0.15) is 31.7 Å². The van der Waals surface area contributed by atoms with Crippen molar-refractivity contribution in [2.24, 2.45) is 28.7 Å². The molecule has 4 unspecified atom stereocenters. The van der Waals surface area contributed by atoms with Gasteiger partial charge in [-0.15, -0.1) is 24.0 Å². The zero-order chi connectivity index (χ0) is 21.8. The third-order valence-electron chi connectivity index (χ3n) is 6.45. The van der Waals surface area contributed by atoms with E-state index in [-0.39, 0.29) is 59.5 Å². The van der Waals surface area contributed by atoms with Crippen molar-refractivity contribution >= 4 is 41.8 Å². The number of nitrogens with one attached hydrogen (secondary N) is 2. The summed E-state index contributed by atoms with van der Waals surface area (Å²) < 4.78 is 5.78. The molecular weight excluding hydrogens is 521 g/mol. The molecule has 1 aromatic rings. The number of guanidine groups is 1. The number of unbranched alkanes of at least 4 members (excludes halogenated alkanes) is 1. The van der Waals surface area contributed by atoms with Crippen molar-refractivity contribution in [3.63, 3.8) is 0 Å². The van der Waals surface area contributed by atoms with Gasteiger partial charge in [0.1, 0.15) is 0 Å². The summed E-state index contributed by atoms with van der Waals surface area (Å²) in [6.07, 6.45) is 8.96. The number of imide groups is 1. The second kappa shape index (κ2) is 11.1. The molecule has 2 amide bonds. The number of amides is 2. The van der Waals surface area contributed by atoms with Crippen LogP contribution in [0.2, 0.25) is 0 Å². The molecule has 2 bridgehead atoms. The summed E-state index contributed by atoms with van der Waals surface area (Å²) in [4.78, 5) is 35.5. The number of carbonyl (C=O) groups is 2. The third-order valence-corrected chi connectivity index (χ3v) is 6.45. The molecule has 4 atom stereocenters. The summed E-state index contributed by atoms with van der Waals surface area (Å²) in [6, 6.07) is 3.85. The number of likely N-dealkylation sites (tertiary alicyclic amines) is 1. The van der Waals surface area contributed by atoms with Crippen LogP contribution in [0.15, 0.2) is 35.5 Å². The lowest BCUT2D eigenvalue weighted by Crippen LogP contribution is -2.43. The van der Waals surface area contributed by atoms with Crippen molar-refractivity contribution in [2.45, 2.75) is 32.7 Å². The normalized spacial score (nSPS) is 25.7. The molecule has 4 rings (SSSR count). The molecule has 1 saturated heterocycles. The van der Waals surface area contributed by atoms with Gasteiger partial charge in [-0.2, -0.15) is 0 Å². The molecule has 2 N–H and O–H groups in total. The van der Waals surface area contributed by atoms with Crippen molar-refractivity contribution in [3.8, 4) is 5.88 Å². The van der Waals surface area contributed by atoms with E-state index >= 15 is 0 Å². The van der Waals surface area contributed by atoms with E-state index in [1.807, 2.05) is 12.1 Å². The first-order valence-corrected chi connectivity index (χ1v) is 11.2. The Morgan fingerprint density at radius 1 is 1.22 bits per heavy atom. The van der Waals surface area contributed by atoms with Crippen LogP contribution in [0.3, 0.4) is 0 Å². The molecule has 2 fully saturated rings. The second-order valence-electron chi connectivity index (χ2n) is 8.35. The maximum Gasteiger partial charge on any atom is 0.233 e. The minimum absolute atomic E-state index is 0. The van der Waals surface area contributed by atoms with Crippen LogP contribution < -0.4 is 15.4 Å². The number of carbonyl (C=O) groups excluding carboxylic acids is 2. The molecule has 0 aromatic carbocycles. The Balaban J connectivity index is 0.00000289. The number of rotatable bonds is 9. The average molecular weight is 553 g/mol. The first-order valence-electron chi connectivity index (χ1n) is 11.2. The molecule has 2 aliphatic carbocycles. The van der Waals surface area contributed by atoms with Gasteiger partial charge in [0.15, 0.2) is 5.96 Å². The van der Waals surface area contributed by atoms with Crippen molar-refractivity contribution < 1.29 is 14.3 Å². The molecule has 3 aliphatic rings. The Kier molecular flexibility index (Phi) is 8.50. The Morgan fingerprint density at radius 2 is 1.94 bits per heavy atom. The minimum atomic E-state index is -0.142. The second-order valence-corrected chi connectivity index (χ2v) is 8.35. The molecule has 1 saturated carbocycles. The van der Waals surface area contributed by atoms with Gasteiger partial charge in [0.2, 0.25) is 17.7 Å². The van der Waals surface area contributed by atoms with Gasteiger partial charge in [-0.3, -0.25) is 19.5 Å². The summed E-state index contributed by atoms with van der Waals surface area (Å²) >= 11 is 0. The average Bonchev–Trinajstić information content (AvgIpc) is 3.46. The predicted octanol–water partition coefficient (Wildman–Crippen LogP) is 2.35. The maximum atomic E-state index is 12.8. The summed E-state index contributed by atoms with van der Waals surface area (Å²) in [5.74, 6) is 1.40. The highest BCUT2D eigenvalue weighted by Gasteiger charge is 2.58. The van der Waals surface area contributed by atoms with Crippen LogP contribution in [-0.2, 0) is 16.1 Å². The third kappa shape index (κ3) is 4.92. The SMILES string of the molecule is CCCCOc1ncccc1CNC(=NC)NCCN1C(=O)C2C3C=CC(C3)C2C1=O.I. The number of aliphatic imine (C=N–C) groups is 1. The molecular formula is C23H32IN5O3. The van der Waals surface area contributed by atoms with Crippen molar-refractivity contribution in [1.29, 1.82) is 0 Å². The predicted molar refractivity (Wildman–Crippen MR) is 133 cm³/mol. The summed E-state index contributed by atoms with van der Waals surface area (Å²) in [7, 11) is 1.69. The molecule has 174 valence electrons. The van der Waals surface area contributed by atoms with Crippen LogP contribution in [-0.4, -0.2) is 54.4 Å². The quantitative estimate of drug-likeness (QED) is 0.122. The zero-order valence-electron chi connectivity index (χ0n) is 18.6. The van der Waals surface area contributed by atoms with Gasteiger partial charge >= 0.3 is 0 Å². The number of allylic oxidation sites excluding steroid dienone is 2. The summed E-state index contributed by atoms with van der Waals surface area (Å²) in [5, 5.41) is 6.45. The molecule has 0 radical (unpaired) electrons. The van der Waals surface area contributed by atoms with E-state index in [0.717, 1.165) is 24.8 Å².